The van der Waals surface area contributed by atoms with E-state index in [0.717, 1.165) is 6.07 Å². The van der Waals surface area contributed by atoms with E-state index in [0.29, 0.717) is 17.0 Å². The van der Waals surface area contributed by atoms with Crippen LogP contribution in [0.3, 0.4) is 0 Å². The first kappa shape index (κ1) is 16.2. The van der Waals surface area contributed by atoms with Crippen LogP contribution in [0.2, 0.25) is 5.02 Å². The SMILES string of the molecule is CNCc1scc(C)c1S(=O)(=O)Nc1ccc(Cl)c(F)c1. The van der Waals surface area contributed by atoms with Gasteiger partial charge < -0.3 is 5.32 Å². The minimum atomic E-state index is -3.77. The Labute approximate surface area is 132 Å². The highest BCUT2D eigenvalue weighted by atomic mass is 35.5. The highest BCUT2D eigenvalue weighted by molar-refractivity contribution is 7.93. The number of rotatable bonds is 5. The molecule has 0 saturated heterocycles. The number of nitrogens with one attached hydrogen (secondary N) is 2. The molecular weight excluding hydrogens is 335 g/mol. The van der Waals surface area contributed by atoms with Crippen LogP contribution in [-0.2, 0) is 16.6 Å². The summed E-state index contributed by atoms with van der Waals surface area (Å²) in [5.74, 6) is -0.672. The van der Waals surface area contributed by atoms with Crippen molar-refractivity contribution >= 4 is 38.6 Å². The van der Waals surface area contributed by atoms with Gasteiger partial charge in [-0.25, -0.2) is 12.8 Å². The van der Waals surface area contributed by atoms with Crippen molar-refractivity contribution in [2.24, 2.45) is 0 Å². The number of thiophene rings is 1. The van der Waals surface area contributed by atoms with Crippen LogP contribution in [0.5, 0.6) is 0 Å². The van der Waals surface area contributed by atoms with Crippen LogP contribution >= 0.6 is 22.9 Å². The summed E-state index contributed by atoms with van der Waals surface area (Å²) in [5.41, 5.74) is 0.796. The summed E-state index contributed by atoms with van der Waals surface area (Å²) < 4.78 is 40.8. The third-order valence-electron chi connectivity index (χ3n) is 2.77. The first-order valence-corrected chi connectivity index (χ1v) is 8.78. The molecule has 1 heterocycles. The Hall–Kier alpha value is -1.15. The third kappa shape index (κ3) is 3.55. The second-order valence-corrected chi connectivity index (χ2v) is 7.43. The maximum absolute atomic E-state index is 13.4. The molecule has 8 heteroatoms. The minimum Gasteiger partial charge on any atom is -0.315 e. The molecule has 0 bridgehead atoms. The normalized spacial score (nSPS) is 11.6. The van der Waals surface area contributed by atoms with Crippen molar-refractivity contribution in [1.82, 2.24) is 5.32 Å². The Morgan fingerprint density at radius 1 is 1.38 bits per heavy atom. The van der Waals surface area contributed by atoms with Crippen molar-refractivity contribution in [2.45, 2.75) is 18.4 Å². The van der Waals surface area contributed by atoms with Gasteiger partial charge in [-0.05, 0) is 43.1 Å². The second-order valence-electron chi connectivity index (χ2n) is 4.44. The summed E-state index contributed by atoms with van der Waals surface area (Å²) in [4.78, 5) is 0.939. The molecule has 0 aliphatic heterocycles. The second kappa shape index (κ2) is 6.31. The van der Waals surface area contributed by atoms with Crippen LogP contribution < -0.4 is 10.0 Å². The summed E-state index contributed by atoms with van der Waals surface area (Å²) in [6, 6.07) is 3.78. The molecule has 0 radical (unpaired) electrons. The molecule has 4 nitrogen and oxygen atoms in total. The smallest absolute Gasteiger partial charge is 0.263 e. The van der Waals surface area contributed by atoms with Crippen LogP contribution in [0.25, 0.3) is 0 Å². The number of anilines is 1. The molecule has 0 saturated carbocycles. The number of hydrogen-bond donors (Lipinski definition) is 2. The predicted octanol–water partition coefficient (Wildman–Crippen LogP) is 3.37. The number of halogens is 2. The quantitative estimate of drug-likeness (QED) is 0.871. The molecule has 2 aromatic rings. The van der Waals surface area contributed by atoms with E-state index in [4.69, 9.17) is 11.6 Å². The van der Waals surface area contributed by atoms with Crippen LogP contribution in [0.15, 0.2) is 28.5 Å². The van der Waals surface area contributed by atoms with Gasteiger partial charge in [-0.15, -0.1) is 11.3 Å². The number of benzene rings is 1. The van der Waals surface area contributed by atoms with E-state index in [1.165, 1.54) is 23.5 Å². The molecular formula is C13H14ClFN2O2S2. The van der Waals surface area contributed by atoms with Crippen LogP contribution in [-0.4, -0.2) is 15.5 Å². The number of sulfonamides is 1. The van der Waals surface area contributed by atoms with E-state index in [9.17, 15) is 12.8 Å². The maximum atomic E-state index is 13.4. The molecule has 1 aromatic heterocycles. The van der Waals surface area contributed by atoms with E-state index in [-0.39, 0.29) is 15.6 Å². The van der Waals surface area contributed by atoms with Crippen LogP contribution in [0, 0.1) is 12.7 Å². The van der Waals surface area contributed by atoms with Gasteiger partial charge in [0.2, 0.25) is 0 Å². The van der Waals surface area contributed by atoms with Crippen molar-refractivity contribution in [3.8, 4) is 0 Å². The molecule has 0 amide bonds. The van der Waals surface area contributed by atoms with Gasteiger partial charge in [0, 0.05) is 11.4 Å². The van der Waals surface area contributed by atoms with Crippen molar-refractivity contribution in [2.75, 3.05) is 11.8 Å². The zero-order chi connectivity index (χ0) is 15.6. The van der Waals surface area contributed by atoms with Gasteiger partial charge in [-0.1, -0.05) is 11.6 Å². The molecule has 0 fully saturated rings. The molecule has 0 aliphatic carbocycles. The Balaban J connectivity index is 2.38. The topological polar surface area (TPSA) is 58.2 Å². The summed E-state index contributed by atoms with van der Waals surface area (Å²) in [6.45, 7) is 2.18. The monoisotopic (exact) mass is 348 g/mol. The Bertz CT molecular complexity index is 760. The Kier molecular flexibility index (Phi) is 4.88. The fourth-order valence-corrected chi connectivity index (χ4v) is 4.89. The zero-order valence-corrected chi connectivity index (χ0v) is 13.8. The minimum absolute atomic E-state index is 0.0551. The fourth-order valence-electron chi connectivity index (χ4n) is 1.90. The molecule has 0 spiro atoms. The molecule has 2 rings (SSSR count). The Morgan fingerprint density at radius 2 is 2.10 bits per heavy atom. The van der Waals surface area contributed by atoms with E-state index in [1.807, 2.05) is 0 Å². The van der Waals surface area contributed by atoms with E-state index in [2.05, 4.69) is 10.0 Å². The summed E-state index contributed by atoms with van der Waals surface area (Å²) in [6.07, 6.45) is 0. The van der Waals surface area contributed by atoms with Gasteiger partial charge in [0.1, 0.15) is 10.7 Å². The average molecular weight is 349 g/mol. The highest BCUT2D eigenvalue weighted by Gasteiger charge is 2.23. The molecule has 2 N–H and O–H groups in total. The van der Waals surface area contributed by atoms with E-state index < -0.39 is 15.8 Å². The van der Waals surface area contributed by atoms with Gasteiger partial charge in [0.15, 0.2) is 0 Å². The average Bonchev–Trinajstić information content (AvgIpc) is 2.76. The molecule has 0 aliphatic rings. The van der Waals surface area contributed by atoms with Crippen LogP contribution in [0.4, 0.5) is 10.1 Å². The van der Waals surface area contributed by atoms with Crippen molar-refractivity contribution in [1.29, 1.82) is 0 Å². The maximum Gasteiger partial charge on any atom is 0.263 e. The lowest BCUT2D eigenvalue weighted by Crippen LogP contribution is -2.16. The fraction of sp³-hybridized carbons (Fsp3) is 0.231. The first-order valence-electron chi connectivity index (χ1n) is 6.04. The molecule has 1 aromatic carbocycles. The largest absolute Gasteiger partial charge is 0.315 e. The first-order chi connectivity index (χ1) is 9.85. The highest BCUT2D eigenvalue weighted by Crippen LogP contribution is 2.29. The standard InChI is InChI=1S/C13H14ClFN2O2S2/c1-8-7-20-12(6-16-2)13(8)21(18,19)17-9-3-4-10(14)11(15)5-9/h3-5,7,16-17H,6H2,1-2H3. The van der Waals surface area contributed by atoms with Crippen molar-refractivity contribution in [3.63, 3.8) is 0 Å². The van der Waals surface area contributed by atoms with E-state index >= 15 is 0 Å². The zero-order valence-electron chi connectivity index (χ0n) is 11.4. The van der Waals surface area contributed by atoms with Gasteiger partial charge in [-0.2, -0.15) is 0 Å². The summed E-state index contributed by atoms with van der Waals surface area (Å²) >= 11 is 6.95. The number of aryl methyl sites for hydroxylation is 1. The lowest BCUT2D eigenvalue weighted by atomic mass is 10.3. The lowest BCUT2D eigenvalue weighted by Gasteiger charge is -2.10. The van der Waals surface area contributed by atoms with Crippen molar-refractivity contribution in [3.05, 3.63) is 44.9 Å². The van der Waals surface area contributed by atoms with Gasteiger partial charge in [-0.3, -0.25) is 4.72 Å². The number of hydrogen-bond acceptors (Lipinski definition) is 4. The lowest BCUT2D eigenvalue weighted by molar-refractivity contribution is 0.599. The van der Waals surface area contributed by atoms with Gasteiger partial charge >= 0.3 is 0 Å². The molecule has 21 heavy (non-hydrogen) atoms. The third-order valence-corrected chi connectivity index (χ3v) is 5.92. The van der Waals surface area contributed by atoms with Gasteiger partial charge in [0.25, 0.3) is 10.0 Å². The predicted molar refractivity (Wildman–Crippen MR) is 84.0 cm³/mol. The van der Waals surface area contributed by atoms with Gasteiger partial charge in [0.05, 0.1) is 10.7 Å². The summed E-state index contributed by atoms with van der Waals surface area (Å²) in [5, 5.41) is 4.66. The van der Waals surface area contributed by atoms with Crippen molar-refractivity contribution < 1.29 is 12.8 Å². The molecule has 114 valence electrons. The van der Waals surface area contributed by atoms with Crippen LogP contribution in [0.1, 0.15) is 10.4 Å². The van der Waals surface area contributed by atoms with E-state index in [1.54, 1.807) is 19.4 Å². The Morgan fingerprint density at radius 3 is 2.71 bits per heavy atom. The summed E-state index contributed by atoms with van der Waals surface area (Å²) in [7, 11) is -2.03. The molecule has 0 unspecified atom stereocenters. The molecule has 0 atom stereocenters.